The number of aromatic amines is 1. The first-order valence-electron chi connectivity index (χ1n) is 8.63. The molecule has 3 aromatic rings. The highest BCUT2D eigenvalue weighted by Gasteiger charge is 2.19. The number of nitrogens with one attached hydrogen (secondary N) is 1. The third-order valence-corrected chi connectivity index (χ3v) is 4.98. The molecule has 0 unspecified atom stereocenters. The standard InChI is InChI=1S/C20H20N4O3S/c1-26-14-8-9-15-16(12-14)23-20(22-15)28-13-19(25)24(11-5-10-21)17-6-3-4-7-18(17)27-2/h3-4,6-9,12H,5,11,13H2,1-2H3,(H,22,23). The van der Waals surface area contributed by atoms with E-state index < -0.39 is 0 Å². The van der Waals surface area contributed by atoms with Gasteiger partial charge in [0, 0.05) is 12.6 Å². The molecule has 1 N–H and O–H groups in total. The van der Waals surface area contributed by atoms with Crippen LogP contribution in [0.3, 0.4) is 0 Å². The van der Waals surface area contributed by atoms with E-state index in [1.807, 2.05) is 36.4 Å². The number of aromatic nitrogens is 2. The Balaban J connectivity index is 1.75. The number of imidazole rings is 1. The summed E-state index contributed by atoms with van der Waals surface area (Å²) >= 11 is 1.32. The van der Waals surface area contributed by atoms with Crippen molar-refractivity contribution in [1.82, 2.24) is 9.97 Å². The van der Waals surface area contributed by atoms with E-state index in [2.05, 4.69) is 16.0 Å². The lowest BCUT2D eigenvalue weighted by Gasteiger charge is -2.23. The number of benzene rings is 2. The second kappa shape index (κ2) is 9.15. The van der Waals surface area contributed by atoms with Crippen molar-refractivity contribution in [2.45, 2.75) is 11.6 Å². The number of para-hydroxylation sites is 2. The largest absolute Gasteiger partial charge is 0.497 e. The van der Waals surface area contributed by atoms with E-state index in [1.165, 1.54) is 11.8 Å². The number of H-pyrrole nitrogens is 1. The maximum absolute atomic E-state index is 12.9. The van der Waals surface area contributed by atoms with Crippen molar-refractivity contribution in [2.75, 3.05) is 31.4 Å². The van der Waals surface area contributed by atoms with Crippen molar-refractivity contribution in [1.29, 1.82) is 5.26 Å². The fourth-order valence-electron chi connectivity index (χ4n) is 2.76. The van der Waals surface area contributed by atoms with E-state index in [-0.39, 0.29) is 18.1 Å². The number of carbonyl (C=O) groups is 1. The van der Waals surface area contributed by atoms with E-state index in [0.717, 1.165) is 16.8 Å². The Morgan fingerprint density at radius 3 is 2.82 bits per heavy atom. The lowest BCUT2D eigenvalue weighted by atomic mass is 10.2. The number of hydrogen-bond donors (Lipinski definition) is 1. The molecule has 1 heterocycles. The van der Waals surface area contributed by atoms with Gasteiger partial charge in [0.1, 0.15) is 11.5 Å². The summed E-state index contributed by atoms with van der Waals surface area (Å²) in [6, 6.07) is 14.9. The normalized spacial score (nSPS) is 10.5. The first-order valence-corrected chi connectivity index (χ1v) is 9.61. The average Bonchev–Trinajstić information content (AvgIpc) is 3.14. The summed E-state index contributed by atoms with van der Waals surface area (Å²) in [6.07, 6.45) is 0.235. The second-order valence-corrected chi connectivity index (χ2v) is 6.80. The Kier molecular flexibility index (Phi) is 6.40. The number of ether oxygens (including phenoxy) is 2. The van der Waals surface area contributed by atoms with Gasteiger partial charge in [0.15, 0.2) is 5.16 Å². The monoisotopic (exact) mass is 396 g/mol. The second-order valence-electron chi connectivity index (χ2n) is 5.84. The molecule has 8 heteroatoms. The average molecular weight is 396 g/mol. The maximum atomic E-state index is 12.9. The van der Waals surface area contributed by atoms with Gasteiger partial charge >= 0.3 is 0 Å². The summed E-state index contributed by atoms with van der Waals surface area (Å²) in [6.45, 7) is 0.299. The Bertz CT molecular complexity index is 1010. The number of nitrogens with zero attached hydrogens (tertiary/aromatic N) is 3. The van der Waals surface area contributed by atoms with Crippen LogP contribution in [-0.2, 0) is 4.79 Å². The lowest BCUT2D eigenvalue weighted by molar-refractivity contribution is -0.116. The highest BCUT2D eigenvalue weighted by atomic mass is 32.2. The molecule has 0 spiro atoms. The first-order chi connectivity index (χ1) is 13.7. The molecule has 3 rings (SSSR count). The van der Waals surface area contributed by atoms with Crippen molar-refractivity contribution in [3.8, 4) is 17.6 Å². The predicted molar refractivity (Wildman–Crippen MR) is 109 cm³/mol. The summed E-state index contributed by atoms with van der Waals surface area (Å²) < 4.78 is 10.6. The molecule has 2 aromatic carbocycles. The van der Waals surface area contributed by atoms with Crippen molar-refractivity contribution in [3.05, 3.63) is 42.5 Å². The molecule has 28 heavy (non-hydrogen) atoms. The minimum absolute atomic E-state index is 0.122. The molecule has 0 saturated carbocycles. The van der Waals surface area contributed by atoms with Gasteiger partial charge in [-0.25, -0.2) is 4.98 Å². The van der Waals surface area contributed by atoms with Crippen molar-refractivity contribution >= 4 is 34.4 Å². The minimum atomic E-state index is -0.122. The van der Waals surface area contributed by atoms with Crippen molar-refractivity contribution < 1.29 is 14.3 Å². The molecular formula is C20H20N4O3S. The van der Waals surface area contributed by atoms with Crippen LogP contribution in [0.15, 0.2) is 47.6 Å². The minimum Gasteiger partial charge on any atom is -0.497 e. The zero-order valence-corrected chi connectivity index (χ0v) is 16.5. The Hall–Kier alpha value is -3.18. The fourth-order valence-corrected chi connectivity index (χ4v) is 3.52. The van der Waals surface area contributed by atoms with Gasteiger partial charge in [0.2, 0.25) is 5.91 Å². The molecule has 1 amide bonds. The highest BCUT2D eigenvalue weighted by molar-refractivity contribution is 7.99. The Morgan fingerprint density at radius 2 is 2.07 bits per heavy atom. The summed E-state index contributed by atoms with van der Waals surface area (Å²) in [4.78, 5) is 22.2. The number of hydrogen-bond acceptors (Lipinski definition) is 6. The number of methoxy groups -OCH3 is 2. The quantitative estimate of drug-likeness (QED) is 0.585. The van der Waals surface area contributed by atoms with Gasteiger partial charge in [-0.05, 0) is 24.3 Å². The van der Waals surface area contributed by atoms with E-state index in [4.69, 9.17) is 14.7 Å². The number of fused-ring (bicyclic) bond motifs is 1. The van der Waals surface area contributed by atoms with Gasteiger partial charge in [-0.2, -0.15) is 5.26 Å². The predicted octanol–water partition coefficient (Wildman–Crippen LogP) is 3.62. The molecule has 0 aliphatic carbocycles. The third-order valence-electron chi connectivity index (χ3n) is 4.12. The molecule has 144 valence electrons. The van der Waals surface area contributed by atoms with Crippen LogP contribution in [0.2, 0.25) is 0 Å². The Morgan fingerprint density at radius 1 is 1.25 bits per heavy atom. The van der Waals surface area contributed by atoms with Gasteiger partial charge in [-0.15, -0.1) is 0 Å². The molecule has 0 fully saturated rings. The molecule has 0 aliphatic heterocycles. The van der Waals surface area contributed by atoms with E-state index in [1.54, 1.807) is 25.2 Å². The molecular weight excluding hydrogens is 376 g/mol. The van der Waals surface area contributed by atoms with Crippen LogP contribution in [0.25, 0.3) is 11.0 Å². The summed E-state index contributed by atoms with van der Waals surface area (Å²) in [5, 5.41) is 9.60. The molecule has 0 bridgehead atoms. The molecule has 0 atom stereocenters. The maximum Gasteiger partial charge on any atom is 0.237 e. The molecule has 7 nitrogen and oxygen atoms in total. The zero-order valence-electron chi connectivity index (χ0n) is 15.6. The van der Waals surface area contributed by atoms with Crippen LogP contribution < -0.4 is 14.4 Å². The van der Waals surface area contributed by atoms with Crippen LogP contribution in [0.5, 0.6) is 11.5 Å². The summed E-state index contributed by atoms with van der Waals surface area (Å²) in [7, 11) is 3.17. The van der Waals surface area contributed by atoms with Gasteiger partial charge in [-0.1, -0.05) is 23.9 Å². The summed E-state index contributed by atoms with van der Waals surface area (Å²) in [5.41, 5.74) is 2.31. The fraction of sp³-hybridized carbons (Fsp3) is 0.250. The van der Waals surface area contributed by atoms with Crippen LogP contribution in [0.4, 0.5) is 5.69 Å². The van der Waals surface area contributed by atoms with Gasteiger partial charge in [0.25, 0.3) is 0 Å². The number of carbonyl (C=O) groups excluding carboxylic acids is 1. The number of anilines is 1. The highest BCUT2D eigenvalue weighted by Crippen LogP contribution is 2.29. The number of nitriles is 1. The third kappa shape index (κ3) is 4.38. The van der Waals surface area contributed by atoms with Gasteiger partial charge < -0.3 is 19.4 Å². The topological polar surface area (TPSA) is 91.2 Å². The number of rotatable bonds is 8. The van der Waals surface area contributed by atoms with Crippen molar-refractivity contribution in [2.24, 2.45) is 0 Å². The van der Waals surface area contributed by atoms with Crippen LogP contribution in [0, 0.1) is 11.3 Å². The number of thioether (sulfide) groups is 1. The SMILES string of the molecule is COc1ccc2nc(SCC(=O)N(CCC#N)c3ccccc3OC)[nH]c2c1. The smallest absolute Gasteiger partial charge is 0.237 e. The Labute approximate surface area is 167 Å². The van der Waals surface area contributed by atoms with Crippen LogP contribution in [-0.4, -0.2) is 42.4 Å². The number of amides is 1. The van der Waals surface area contributed by atoms with E-state index in [0.29, 0.717) is 23.1 Å². The van der Waals surface area contributed by atoms with Crippen molar-refractivity contribution in [3.63, 3.8) is 0 Å². The molecule has 0 aliphatic rings. The molecule has 1 aromatic heterocycles. The van der Waals surface area contributed by atoms with Crippen LogP contribution in [0.1, 0.15) is 6.42 Å². The van der Waals surface area contributed by atoms with Crippen LogP contribution >= 0.6 is 11.8 Å². The zero-order chi connectivity index (χ0) is 19.9. The lowest BCUT2D eigenvalue weighted by Crippen LogP contribution is -2.33. The molecule has 0 saturated heterocycles. The molecule has 0 radical (unpaired) electrons. The van der Waals surface area contributed by atoms with Gasteiger partial charge in [0.05, 0.1) is 49.2 Å². The van der Waals surface area contributed by atoms with Gasteiger partial charge in [-0.3, -0.25) is 4.79 Å². The summed E-state index contributed by atoms with van der Waals surface area (Å²) in [5.74, 6) is 1.39. The van der Waals surface area contributed by atoms with E-state index >= 15 is 0 Å². The van der Waals surface area contributed by atoms with E-state index in [9.17, 15) is 4.79 Å². The first kappa shape index (κ1) is 19.6.